The number of aromatic nitrogens is 1. The van der Waals surface area contributed by atoms with Gasteiger partial charge in [0.1, 0.15) is 11.6 Å². The Hall–Kier alpha value is -1.94. The van der Waals surface area contributed by atoms with Crippen LogP contribution < -0.4 is 15.4 Å². The van der Waals surface area contributed by atoms with Crippen LogP contribution in [0.25, 0.3) is 0 Å². The number of nitrogens with one attached hydrogen (secondary N) is 3. The Bertz CT molecular complexity index is 575. The number of hydrogen-bond donors (Lipinski definition) is 3. The van der Waals surface area contributed by atoms with Gasteiger partial charge in [-0.2, -0.15) is 0 Å². The first-order valence-electron chi connectivity index (χ1n) is 5.84. The minimum Gasteiger partial charge on any atom is -0.373 e. The van der Waals surface area contributed by atoms with Crippen molar-refractivity contribution in [2.75, 3.05) is 37.0 Å². The third-order valence-electron chi connectivity index (χ3n) is 2.30. The van der Waals surface area contributed by atoms with Crippen LogP contribution in [0.15, 0.2) is 12.1 Å². The molecule has 0 aliphatic rings. The molecular formula is C10H17N5O4S. The molecule has 0 unspecified atom stereocenters. The van der Waals surface area contributed by atoms with Gasteiger partial charge < -0.3 is 10.6 Å². The van der Waals surface area contributed by atoms with Gasteiger partial charge in [-0.05, 0) is 6.42 Å². The molecule has 1 heterocycles. The Morgan fingerprint density at radius 2 is 1.95 bits per heavy atom. The molecule has 1 aromatic heterocycles. The van der Waals surface area contributed by atoms with Gasteiger partial charge in [-0.1, -0.05) is 0 Å². The van der Waals surface area contributed by atoms with Crippen molar-refractivity contribution in [3.63, 3.8) is 0 Å². The second-order valence-electron chi connectivity index (χ2n) is 4.05. The summed E-state index contributed by atoms with van der Waals surface area (Å²) in [6.45, 7) is 0.736. The summed E-state index contributed by atoms with van der Waals surface area (Å²) in [6.07, 6.45) is 1.62. The Morgan fingerprint density at radius 3 is 2.50 bits per heavy atom. The summed E-state index contributed by atoms with van der Waals surface area (Å²) in [5, 5.41) is 16.4. The third kappa shape index (κ3) is 5.80. The van der Waals surface area contributed by atoms with E-state index in [0.717, 1.165) is 6.26 Å². The van der Waals surface area contributed by atoms with Crippen molar-refractivity contribution in [2.45, 2.75) is 6.42 Å². The number of hydrogen-bond acceptors (Lipinski definition) is 7. The fraction of sp³-hybridized carbons (Fsp3) is 0.500. The summed E-state index contributed by atoms with van der Waals surface area (Å²) in [5.41, 5.74) is -0.0684. The van der Waals surface area contributed by atoms with Gasteiger partial charge in [-0.3, -0.25) is 10.1 Å². The normalized spacial score (nSPS) is 11.1. The monoisotopic (exact) mass is 303 g/mol. The standard InChI is InChI=1S/C10H17N5O4S/c1-11-9-6-8(15(16)17)7-10(14-9)12-4-3-5-13-20(2,18)19/h6-7,13H,3-5H2,1-2H3,(H2,11,12,14). The predicted molar refractivity (Wildman–Crippen MR) is 76.4 cm³/mol. The summed E-state index contributed by atoms with van der Waals surface area (Å²) in [6, 6.07) is 2.65. The predicted octanol–water partition coefficient (Wildman–Crippen LogP) is 0.383. The quantitative estimate of drug-likeness (QED) is 0.360. The Morgan fingerprint density at radius 1 is 1.30 bits per heavy atom. The lowest BCUT2D eigenvalue weighted by molar-refractivity contribution is -0.384. The topological polar surface area (TPSA) is 126 Å². The van der Waals surface area contributed by atoms with Crippen LogP contribution in [0.2, 0.25) is 0 Å². The van der Waals surface area contributed by atoms with E-state index in [1.54, 1.807) is 7.05 Å². The van der Waals surface area contributed by atoms with Crippen LogP contribution >= 0.6 is 0 Å². The highest BCUT2D eigenvalue weighted by Gasteiger charge is 2.10. The zero-order chi connectivity index (χ0) is 15.2. The average molecular weight is 303 g/mol. The first-order valence-corrected chi connectivity index (χ1v) is 7.73. The van der Waals surface area contributed by atoms with Gasteiger partial charge in [0.15, 0.2) is 0 Å². The third-order valence-corrected chi connectivity index (χ3v) is 3.03. The van der Waals surface area contributed by atoms with E-state index in [0.29, 0.717) is 31.1 Å². The van der Waals surface area contributed by atoms with Gasteiger partial charge in [-0.15, -0.1) is 0 Å². The Balaban J connectivity index is 2.55. The molecule has 0 amide bonds. The molecule has 10 heteroatoms. The molecule has 0 aliphatic carbocycles. The van der Waals surface area contributed by atoms with Crippen LogP contribution in [-0.2, 0) is 10.0 Å². The van der Waals surface area contributed by atoms with E-state index >= 15 is 0 Å². The zero-order valence-corrected chi connectivity index (χ0v) is 12.0. The number of pyridine rings is 1. The highest BCUT2D eigenvalue weighted by atomic mass is 32.2. The van der Waals surface area contributed by atoms with Gasteiger partial charge in [0.05, 0.1) is 23.3 Å². The maximum atomic E-state index is 10.8. The SMILES string of the molecule is CNc1cc([N+](=O)[O-])cc(NCCCNS(C)(=O)=O)n1. The number of nitro groups is 1. The first-order chi connectivity index (χ1) is 9.31. The second kappa shape index (κ2) is 7.01. The molecule has 0 atom stereocenters. The van der Waals surface area contributed by atoms with Crippen molar-refractivity contribution >= 4 is 27.3 Å². The van der Waals surface area contributed by atoms with Crippen LogP contribution in [0.4, 0.5) is 17.3 Å². The van der Waals surface area contributed by atoms with E-state index in [1.807, 2.05) is 0 Å². The summed E-state index contributed by atoms with van der Waals surface area (Å²) in [7, 11) is -1.57. The molecule has 0 aliphatic heterocycles. The molecule has 20 heavy (non-hydrogen) atoms. The summed E-state index contributed by atoms with van der Waals surface area (Å²) >= 11 is 0. The Kier molecular flexibility index (Phi) is 5.65. The van der Waals surface area contributed by atoms with Crippen LogP contribution in [0.3, 0.4) is 0 Å². The van der Waals surface area contributed by atoms with Crippen molar-refractivity contribution in [1.29, 1.82) is 0 Å². The van der Waals surface area contributed by atoms with Crippen LogP contribution in [0.1, 0.15) is 6.42 Å². The van der Waals surface area contributed by atoms with Crippen molar-refractivity contribution in [3.05, 3.63) is 22.2 Å². The molecule has 0 spiro atoms. The van der Waals surface area contributed by atoms with E-state index in [1.165, 1.54) is 12.1 Å². The molecule has 0 bridgehead atoms. The number of nitrogens with zero attached hydrogens (tertiary/aromatic N) is 2. The molecule has 0 saturated heterocycles. The fourth-order valence-corrected chi connectivity index (χ4v) is 1.92. The number of anilines is 2. The van der Waals surface area contributed by atoms with Crippen molar-refractivity contribution in [1.82, 2.24) is 9.71 Å². The molecule has 0 saturated carbocycles. The minimum atomic E-state index is -3.19. The lowest BCUT2D eigenvalue weighted by Crippen LogP contribution is -2.24. The van der Waals surface area contributed by atoms with Gasteiger partial charge >= 0.3 is 0 Å². The molecule has 9 nitrogen and oxygen atoms in total. The molecule has 0 radical (unpaired) electrons. The van der Waals surface area contributed by atoms with E-state index in [4.69, 9.17) is 0 Å². The van der Waals surface area contributed by atoms with Crippen molar-refractivity contribution in [3.8, 4) is 0 Å². The molecule has 0 fully saturated rings. The first kappa shape index (κ1) is 16.1. The van der Waals surface area contributed by atoms with E-state index in [2.05, 4.69) is 20.3 Å². The van der Waals surface area contributed by atoms with Crippen LogP contribution in [0, 0.1) is 10.1 Å². The average Bonchev–Trinajstić information content (AvgIpc) is 2.36. The van der Waals surface area contributed by atoms with Crippen LogP contribution in [0.5, 0.6) is 0 Å². The second-order valence-corrected chi connectivity index (χ2v) is 5.88. The molecule has 3 N–H and O–H groups in total. The molecule has 0 aromatic carbocycles. The van der Waals surface area contributed by atoms with Gasteiger partial charge in [0.2, 0.25) is 10.0 Å². The molecule has 112 valence electrons. The lowest BCUT2D eigenvalue weighted by atomic mass is 10.3. The number of sulfonamides is 1. The van der Waals surface area contributed by atoms with Crippen LogP contribution in [-0.4, -0.2) is 44.7 Å². The summed E-state index contributed by atoms with van der Waals surface area (Å²) < 4.78 is 24.0. The van der Waals surface area contributed by atoms with Gasteiger partial charge in [-0.25, -0.2) is 18.1 Å². The van der Waals surface area contributed by atoms with Crippen molar-refractivity contribution in [2.24, 2.45) is 0 Å². The van der Waals surface area contributed by atoms with E-state index in [9.17, 15) is 18.5 Å². The minimum absolute atomic E-state index is 0.0684. The maximum absolute atomic E-state index is 10.8. The Labute approximate surface area is 117 Å². The highest BCUT2D eigenvalue weighted by molar-refractivity contribution is 7.88. The van der Waals surface area contributed by atoms with Crippen molar-refractivity contribution < 1.29 is 13.3 Å². The van der Waals surface area contributed by atoms with Gasteiger partial charge in [0.25, 0.3) is 5.69 Å². The molecule has 1 rings (SSSR count). The van der Waals surface area contributed by atoms with Gasteiger partial charge in [0, 0.05) is 20.1 Å². The molecular weight excluding hydrogens is 286 g/mol. The fourth-order valence-electron chi connectivity index (χ4n) is 1.40. The van der Waals surface area contributed by atoms with E-state index in [-0.39, 0.29) is 5.69 Å². The van der Waals surface area contributed by atoms with E-state index < -0.39 is 14.9 Å². The molecule has 1 aromatic rings. The summed E-state index contributed by atoms with van der Waals surface area (Å²) in [5.74, 6) is 0.749. The highest BCUT2D eigenvalue weighted by Crippen LogP contribution is 2.20. The number of rotatable bonds is 8. The zero-order valence-electron chi connectivity index (χ0n) is 11.2. The maximum Gasteiger partial charge on any atom is 0.276 e. The smallest absolute Gasteiger partial charge is 0.276 e. The summed E-state index contributed by atoms with van der Waals surface area (Å²) in [4.78, 5) is 14.4. The largest absolute Gasteiger partial charge is 0.373 e. The lowest BCUT2D eigenvalue weighted by Gasteiger charge is -2.07.